The minimum Gasteiger partial charge on any atom is -0.338 e. The number of carbonyl (C=O) groups excluding carboxylic acids is 1. The van der Waals surface area contributed by atoms with Crippen LogP contribution in [0.2, 0.25) is 5.02 Å². The Morgan fingerprint density at radius 2 is 1.94 bits per heavy atom. The first-order valence-corrected chi connectivity index (χ1v) is 13.1. The molecule has 180 valence electrons. The number of rotatable bonds is 8. The zero-order chi connectivity index (χ0) is 24.4. The first-order chi connectivity index (χ1) is 17.0. The number of amides is 1. The van der Waals surface area contributed by atoms with Gasteiger partial charge in [0, 0.05) is 30.3 Å². The molecule has 1 unspecified atom stereocenters. The summed E-state index contributed by atoms with van der Waals surface area (Å²) in [6.07, 6.45) is 3.78. The summed E-state index contributed by atoms with van der Waals surface area (Å²) in [6.45, 7) is 3.40. The van der Waals surface area contributed by atoms with Crippen LogP contribution in [0.3, 0.4) is 0 Å². The summed E-state index contributed by atoms with van der Waals surface area (Å²) < 4.78 is 3.33. The molecule has 0 saturated carbocycles. The lowest BCUT2D eigenvalue weighted by Gasteiger charge is -2.24. The molecule has 1 aliphatic heterocycles. The Morgan fingerprint density at radius 3 is 2.69 bits per heavy atom. The Balaban J connectivity index is 1.41. The van der Waals surface area contributed by atoms with Gasteiger partial charge in [-0.05, 0) is 36.2 Å². The molecule has 1 amide bonds. The van der Waals surface area contributed by atoms with Gasteiger partial charge in [-0.2, -0.15) is 5.10 Å². The number of hydrogen-bond acceptors (Lipinski definition) is 5. The first kappa shape index (κ1) is 23.6. The minimum atomic E-state index is -0.231. The molecule has 5 rings (SSSR count). The molecule has 2 aromatic heterocycles. The van der Waals surface area contributed by atoms with E-state index in [2.05, 4.69) is 12.0 Å². The van der Waals surface area contributed by atoms with E-state index in [0.29, 0.717) is 40.1 Å². The van der Waals surface area contributed by atoms with Crippen molar-refractivity contribution >= 4 is 40.3 Å². The van der Waals surface area contributed by atoms with Gasteiger partial charge in [-0.3, -0.25) is 14.2 Å². The number of unbranched alkanes of at least 4 members (excludes halogenated alkanes) is 1. The van der Waals surface area contributed by atoms with Gasteiger partial charge in [0.05, 0.1) is 17.9 Å². The van der Waals surface area contributed by atoms with Crippen molar-refractivity contribution in [1.82, 2.24) is 24.2 Å². The molecule has 7 nitrogen and oxygen atoms in total. The van der Waals surface area contributed by atoms with E-state index < -0.39 is 0 Å². The van der Waals surface area contributed by atoms with Crippen LogP contribution in [0.1, 0.15) is 37.8 Å². The fourth-order valence-corrected chi connectivity index (χ4v) is 5.58. The van der Waals surface area contributed by atoms with Gasteiger partial charge in [0.25, 0.3) is 5.56 Å². The maximum absolute atomic E-state index is 13.5. The number of thioether (sulfide) groups is 1. The van der Waals surface area contributed by atoms with Crippen molar-refractivity contribution in [1.29, 1.82) is 0 Å². The van der Waals surface area contributed by atoms with Crippen molar-refractivity contribution in [2.75, 3.05) is 12.3 Å². The summed E-state index contributed by atoms with van der Waals surface area (Å²) in [5.41, 5.74) is 2.24. The Bertz CT molecular complexity index is 1400. The van der Waals surface area contributed by atoms with E-state index in [-0.39, 0.29) is 23.9 Å². The minimum absolute atomic E-state index is 0.0598. The summed E-state index contributed by atoms with van der Waals surface area (Å²) in [5.74, 6) is 0.701. The number of nitrogens with zero attached hydrogens (tertiary/aromatic N) is 5. The summed E-state index contributed by atoms with van der Waals surface area (Å²) >= 11 is 7.52. The van der Waals surface area contributed by atoms with E-state index in [1.807, 2.05) is 47.4 Å². The van der Waals surface area contributed by atoms with Crippen LogP contribution < -0.4 is 5.56 Å². The van der Waals surface area contributed by atoms with Crippen LogP contribution in [0.25, 0.3) is 16.7 Å². The SMILES string of the molecule is CCCCN(Cc1ccccc1)C(=O)CC1CSc2nc3c(cnn3-c3ccc(Cl)cc3)c(=O)n21. The first-order valence-electron chi connectivity index (χ1n) is 11.8. The molecule has 0 N–H and O–H groups in total. The summed E-state index contributed by atoms with van der Waals surface area (Å²) in [5, 5.41) is 6.10. The topological polar surface area (TPSA) is 73.0 Å². The highest BCUT2D eigenvalue weighted by Crippen LogP contribution is 2.34. The molecule has 9 heteroatoms. The monoisotopic (exact) mass is 507 g/mol. The Hall–Kier alpha value is -3.10. The Labute approximate surface area is 212 Å². The molecule has 0 radical (unpaired) electrons. The van der Waals surface area contributed by atoms with E-state index >= 15 is 0 Å². The van der Waals surface area contributed by atoms with Gasteiger partial charge >= 0.3 is 0 Å². The predicted molar refractivity (Wildman–Crippen MR) is 139 cm³/mol. The van der Waals surface area contributed by atoms with Gasteiger partial charge in [0.2, 0.25) is 5.91 Å². The normalized spacial score (nSPS) is 14.9. The zero-order valence-corrected chi connectivity index (χ0v) is 21.0. The van der Waals surface area contributed by atoms with E-state index in [0.717, 1.165) is 24.1 Å². The van der Waals surface area contributed by atoms with Crippen molar-refractivity contribution < 1.29 is 4.79 Å². The summed E-state index contributed by atoms with van der Waals surface area (Å²) in [7, 11) is 0. The third-order valence-electron chi connectivity index (χ3n) is 6.20. The molecular weight excluding hydrogens is 482 g/mol. The van der Waals surface area contributed by atoms with Gasteiger partial charge in [-0.25, -0.2) is 9.67 Å². The lowest BCUT2D eigenvalue weighted by molar-refractivity contribution is -0.132. The van der Waals surface area contributed by atoms with Gasteiger partial charge in [0.1, 0.15) is 5.39 Å². The number of halogens is 1. The van der Waals surface area contributed by atoms with Crippen LogP contribution in [0, 0.1) is 0 Å². The third-order valence-corrected chi connectivity index (χ3v) is 7.55. The smallest absolute Gasteiger partial charge is 0.265 e. The summed E-state index contributed by atoms with van der Waals surface area (Å²) in [4.78, 5) is 33.5. The van der Waals surface area contributed by atoms with E-state index in [1.165, 1.54) is 11.8 Å². The van der Waals surface area contributed by atoms with Crippen LogP contribution in [-0.2, 0) is 11.3 Å². The molecule has 0 fully saturated rings. The molecule has 1 atom stereocenters. The van der Waals surface area contributed by atoms with Crippen LogP contribution in [0.4, 0.5) is 0 Å². The predicted octanol–water partition coefficient (Wildman–Crippen LogP) is 5.10. The second kappa shape index (κ2) is 10.3. The van der Waals surface area contributed by atoms with Crippen molar-refractivity contribution in [3.05, 3.63) is 81.7 Å². The molecule has 0 bridgehead atoms. The highest BCUT2D eigenvalue weighted by molar-refractivity contribution is 7.99. The molecule has 0 spiro atoms. The Morgan fingerprint density at radius 1 is 1.17 bits per heavy atom. The van der Waals surface area contributed by atoms with Crippen LogP contribution >= 0.6 is 23.4 Å². The standard InChI is InChI=1S/C26H26ClN5O2S/c1-2-3-13-30(16-18-7-5-4-6-8-18)23(33)14-21-17-35-26-29-24-22(25(34)31(21)26)15-28-32(24)20-11-9-19(27)10-12-20/h4-12,15,21H,2-3,13-14,16-17H2,1H3. The fraction of sp³-hybridized carbons (Fsp3) is 0.308. The van der Waals surface area contributed by atoms with Gasteiger partial charge in [-0.1, -0.05) is 67.0 Å². The third kappa shape index (κ3) is 4.86. The number of carbonyl (C=O) groups is 1. The second-order valence-electron chi connectivity index (χ2n) is 8.66. The largest absolute Gasteiger partial charge is 0.338 e. The average molecular weight is 508 g/mol. The molecule has 3 heterocycles. The highest BCUT2D eigenvalue weighted by Gasteiger charge is 2.31. The number of fused-ring (bicyclic) bond motifs is 2. The van der Waals surface area contributed by atoms with Crippen molar-refractivity contribution in [2.24, 2.45) is 0 Å². The highest BCUT2D eigenvalue weighted by atomic mass is 35.5. The van der Waals surface area contributed by atoms with Crippen LogP contribution in [-0.4, -0.2) is 42.4 Å². The maximum atomic E-state index is 13.5. The van der Waals surface area contributed by atoms with E-state index in [1.54, 1.807) is 27.6 Å². The Kier molecular flexibility index (Phi) is 6.92. The van der Waals surface area contributed by atoms with Gasteiger partial charge in [-0.15, -0.1) is 0 Å². The molecule has 2 aromatic carbocycles. The van der Waals surface area contributed by atoms with E-state index in [4.69, 9.17) is 16.6 Å². The van der Waals surface area contributed by atoms with Crippen molar-refractivity contribution in [3.63, 3.8) is 0 Å². The number of aromatic nitrogens is 4. The van der Waals surface area contributed by atoms with Crippen LogP contribution in [0.5, 0.6) is 0 Å². The zero-order valence-electron chi connectivity index (χ0n) is 19.4. The molecule has 4 aromatic rings. The lowest BCUT2D eigenvalue weighted by Crippen LogP contribution is -2.35. The van der Waals surface area contributed by atoms with Gasteiger partial charge in [0.15, 0.2) is 10.8 Å². The maximum Gasteiger partial charge on any atom is 0.265 e. The fourth-order valence-electron chi connectivity index (χ4n) is 4.33. The number of hydrogen-bond donors (Lipinski definition) is 0. The summed E-state index contributed by atoms with van der Waals surface area (Å²) in [6, 6.07) is 17.0. The molecule has 1 aliphatic rings. The molecule has 0 aliphatic carbocycles. The molecule has 0 saturated heterocycles. The van der Waals surface area contributed by atoms with Gasteiger partial charge < -0.3 is 4.90 Å². The quantitative estimate of drug-likeness (QED) is 0.310. The lowest BCUT2D eigenvalue weighted by atomic mass is 10.1. The van der Waals surface area contributed by atoms with Crippen LogP contribution in [0.15, 0.2) is 70.7 Å². The average Bonchev–Trinajstić information content (AvgIpc) is 3.48. The molecular formula is C26H26ClN5O2S. The number of benzene rings is 2. The van der Waals surface area contributed by atoms with Crippen molar-refractivity contribution in [3.8, 4) is 5.69 Å². The molecule has 35 heavy (non-hydrogen) atoms. The van der Waals surface area contributed by atoms with E-state index in [9.17, 15) is 9.59 Å². The van der Waals surface area contributed by atoms with Crippen molar-refractivity contribution in [2.45, 2.75) is 43.9 Å². The second-order valence-corrected chi connectivity index (χ2v) is 10.1.